The number of hydrogen-bond acceptors (Lipinski definition) is 3. The highest BCUT2D eigenvalue weighted by molar-refractivity contribution is 5.68. The van der Waals surface area contributed by atoms with Crippen LogP contribution < -0.4 is 5.32 Å². The molecule has 110 valence electrons. The van der Waals surface area contributed by atoms with E-state index in [1.807, 2.05) is 25.7 Å². The number of rotatable bonds is 3. The first-order valence-electron chi connectivity index (χ1n) is 7.66. The molecule has 1 aliphatic carbocycles. The summed E-state index contributed by atoms with van der Waals surface area (Å²) in [5.41, 5.74) is -0.410. The molecule has 0 bridgehead atoms. The maximum absolute atomic E-state index is 12.3. The zero-order valence-corrected chi connectivity index (χ0v) is 12.7. The van der Waals surface area contributed by atoms with Crippen LogP contribution in [0.1, 0.15) is 59.8 Å². The second kappa shape index (κ2) is 5.70. The molecule has 1 heterocycles. The highest BCUT2D eigenvalue weighted by atomic mass is 16.6. The molecule has 1 saturated heterocycles. The van der Waals surface area contributed by atoms with Crippen LogP contribution in [0.25, 0.3) is 0 Å². The summed E-state index contributed by atoms with van der Waals surface area (Å²) in [6.45, 7) is 8.77. The molecular formula is C15H28N2O2. The van der Waals surface area contributed by atoms with Crippen molar-refractivity contribution in [3.8, 4) is 0 Å². The van der Waals surface area contributed by atoms with Crippen LogP contribution in [0.5, 0.6) is 0 Å². The van der Waals surface area contributed by atoms with E-state index in [-0.39, 0.29) is 12.1 Å². The fraction of sp³-hybridized carbons (Fsp3) is 0.933. The van der Waals surface area contributed by atoms with Gasteiger partial charge in [-0.2, -0.15) is 0 Å². The molecule has 1 N–H and O–H groups in total. The van der Waals surface area contributed by atoms with E-state index in [4.69, 9.17) is 4.74 Å². The quantitative estimate of drug-likeness (QED) is 0.855. The molecule has 2 rings (SSSR count). The standard InChI is InChI=1S/C15H28N2O2/c1-5-13-12(16-11-8-9-11)7-6-10-17(13)14(18)19-15(2,3)4/h11-13,16H,5-10H2,1-4H3. The molecule has 0 radical (unpaired) electrons. The van der Waals surface area contributed by atoms with Crippen LogP contribution in [0.15, 0.2) is 0 Å². The van der Waals surface area contributed by atoms with Crippen LogP contribution >= 0.6 is 0 Å². The summed E-state index contributed by atoms with van der Waals surface area (Å²) < 4.78 is 5.54. The summed E-state index contributed by atoms with van der Waals surface area (Å²) in [7, 11) is 0. The minimum Gasteiger partial charge on any atom is -0.444 e. The van der Waals surface area contributed by atoms with Gasteiger partial charge in [0.15, 0.2) is 0 Å². The van der Waals surface area contributed by atoms with E-state index in [1.165, 1.54) is 19.3 Å². The van der Waals surface area contributed by atoms with Crippen molar-refractivity contribution in [1.82, 2.24) is 10.2 Å². The van der Waals surface area contributed by atoms with Crippen molar-refractivity contribution in [2.45, 2.75) is 83.5 Å². The van der Waals surface area contributed by atoms with Gasteiger partial charge >= 0.3 is 6.09 Å². The maximum Gasteiger partial charge on any atom is 0.410 e. The monoisotopic (exact) mass is 268 g/mol. The van der Waals surface area contributed by atoms with Crippen molar-refractivity contribution in [3.05, 3.63) is 0 Å². The van der Waals surface area contributed by atoms with Crippen molar-refractivity contribution in [3.63, 3.8) is 0 Å². The second-order valence-electron chi connectivity index (χ2n) is 6.84. The molecule has 1 saturated carbocycles. The minimum absolute atomic E-state index is 0.151. The Kier molecular flexibility index (Phi) is 4.39. The number of carbonyl (C=O) groups is 1. The highest BCUT2D eigenvalue weighted by Crippen LogP contribution is 2.27. The van der Waals surface area contributed by atoms with Gasteiger partial charge in [-0.25, -0.2) is 4.79 Å². The number of piperidine rings is 1. The Balaban J connectivity index is 1.98. The average molecular weight is 268 g/mol. The normalized spacial score (nSPS) is 28.3. The van der Waals surface area contributed by atoms with Gasteiger partial charge in [0, 0.05) is 18.6 Å². The predicted octanol–water partition coefficient (Wildman–Crippen LogP) is 2.92. The number of nitrogens with zero attached hydrogens (tertiary/aromatic N) is 1. The first-order chi connectivity index (χ1) is 8.90. The zero-order chi connectivity index (χ0) is 14.0. The smallest absolute Gasteiger partial charge is 0.410 e. The number of ether oxygens (including phenoxy) is 1. The van der Waals surface area contributed by atoms with E-state index < -0.39 is 5.60 Å². The van der Waals surface area contributed by atoms with Crippen LogP contribution in [-0.4, -0.2) is 41.3 Å². The third-order valence-electron chi connectivity index (χ3n) is 3.85. The summed E-state index contributed by atoms with van der Waals surface area (Å²) in [5.74, 6) is 0. The lowest BCUT2D eigenvalue weighted by atomic mass is 9.94. The van der Waals surface area contributed by atoms with Crippen LogP contribution in [0.4, 0.5) is 4.79 Å². The van der Waals surface area contributed by atoms with Crippen molar-refractivity contribution >= 4 is 6.09 Å². The molecule has 0 aromatic rings. The lowest BCUT2D eigenvalue weighted by molar-refractivity contribution is 0.00372. The largest absolute Gasteiger partial charge is 0.444 e. The SMILES string of the molecule is CCC1C(NC2CC2)CCCN1C(=O)OC(C)(C)C. The summed E-state index contributed by atoms with van der Waals surface area (Å²) >= 11 is 0. The first-order valence-corrected chi connectivity index (χ1v) is 7.66. The van der Waals surface area contributed by atoms with E-state index >= 15 is 0 Å². The summed E-state index contributed by atoms with van der Waals surface area (Å²) in [5, 5.41) is 3.69. The molecule has 1 amide bonds. The summed E-state index contributed by atoms with van der Waals surface area (Å²) in [4.78, 5) is 14.2. The minimum atomic E-state index is -0.410. The number of amides is 1. The molecule has 2 aliphatic rings. The van der Waals surface area contributed by atoms with Crippen molar-refractivity contribution in [1.29, 1.82) is 0 Å². The van der Waals surface area contributed by atoms with E-state index in [9.17, 15) is 4.79 Å². The Labute approximate surface area is 116 Å². The van der Waals surface area contributed by atoms with Gasteiger partial charge in [0.2, 0.25) is 0 Å². The zero-order valence-electron chi connectivity index (χ0n) is 12.7. The Morgan fingerprint density at radius 3 is 2.53 bits per heavy atom. The third-order valence-corrected chi connectivity index (χ3v) is 3.85. The Morgan fingerprint density at radius 1 is 1.32 bits per heavy atom. The van der Waals surface area contributed by atoms with Gasteiger partial charge in [0.1, 0.15) is 5.60 Å². The van der Waals surface area contributed by atoms with Crippen molar-refractivity contribution in [2.75, 3.05) is 6.54 Å². The van der Waals surface area contributed by atoms with E-state index in [0.29, 0.717) is 12.1 Å². The molecule has 4 nitrogen and oxygen atoms in total. The lowest BCUT2D eigenvalue weighted by Crippen LogP contribution is -2.56. The molecule has 0 aromatic heterocycles. The molecule has 0 aromatic carbocycles. The van der Waals surface area contributed by atoms with E-state index in [1.54, 1.807) is 0 Å². The Bertz CT molecular complexity index is 321. The van der Waals surface area contributed by atoms with E-state index in [0.717, 1.165) is 19.4 Å². The van der Waals surface area contributed by atoms with Gasteiger partial charge in [-0.3, -0.25) is 0 Å². The summed E-state index contributed by atoms with van der Waals surface area (Å²) in [6.07, 6.45) is 5.67. The van der Waals surface area contributed by atoms with Gasteiger partial charge in [-0.05, 0) is 52.9 Å². The van der Waals surface area contributed by atoms with Gasteiger partial charge in [-0.15, -0.1) is 0 Å². The molecule has 1 aliphatic heterocycles. The molecule has 2 atom stereocenters. The topological polar surface area (TPSA) is 41.6 Å². The van der Waals surface area contributed by atoms with Gasteiger partial charge in [0.05, 0.1) is 6.04 Å². The van der Waals surface area contributed by atoms with Crippen LogP contribution in [0.2, 0.25) is 0 Å². The van der Waals surface area contributed by atoms with Crippen LogP contribution in [-0.2, 0) is 4.74 Å². The van der Waals surface area contributed by atoms with Gasteiger partial charge in [-0.1, -0.05) is 6.92 Å². The van der Waals surface area contributed by atoms with Gasteiger partial charge < -0.3 is 15.0 Å². The fourth-order valence-electron chi connectivity index (χ4n) is 2.86. The van der Waals surface area contributed by atoms with E-state index in [2.05, 4.69) is 12.2 Å². The number of likely N-dealkylation sites (tertiary alicyclic amines) is 1. The molecule has 0 spiro atoms. The lowest BCUT2D eigenvalue weighted by Gasteiger charge is -2.41. The number of hydrogen-bond donors (Lipinski definition) is 1. The molecule has 2 fully saturated rings. The van der Waals surface area contributed by atoms with Crippen LogP contribution in [0.3, 0.4) is 0 Å². The first kappa shape index (κ1) is 14.6. The molecular weight excluding hydrogens is 240 g/mol. The highest BCUT2D eigenvalue weighted by Gasteiger charge is 2.37. The predicted molar refractivity (Wildman–Crippen MR) is 76.2 cm³/mol. The van der Waals surface area contributed by atoms with Gasteiger partial charge in [0.25, 0.3) is 0 Å². The summed E-state index contributed by atoms with van der Waals surface area (Å²) in [6, 6.07) is 1.42. The molecule has 4 heteroatoms. The Morgan fingerprint density at radius 2 is 2.00 bits per heavy atom. The number of carbonyl (C=O) groups excluding carboxylic acids is 1. The number of nitrogens with one attached hydrogen (secondary N) is 1. The Hall–Kier alpha value is -0.770. The van der Waals surface area contributed by atoms with Crippen molar-refractivity contribution in [2.24, 2.45) is 0 Å². The molecule has 2 unspecified atom stereocenters. The maximum atomic E-state index is 12.3. The van der Waals surface area contributed by atoms with Crippen LogP contribution in [0, 0.1) is 0 Å². The second-order valence-corrected chi connectivity index (χ2v) is 6.84. The average Bonchev–Trinajstić information content (AvgIpc) is 3.10. The molecule has 19 heavy (non-hydrogen) atoms. The third kappa shape index (κ3) is 4.10. The van der Waals surface area contributed by atoms with Crippen molar-refractivity contribution < 1.29 is 9.53 Å². The fourth-order valence-corrected chi connectivity index (χ4v) is 2.86.